The van der Waals surface area contributed by atoms with Crippen LogP contribution >= 0.6 is 0 Å². The summed E-state index contributed by atoms with van der Waals surface area (Å²) in [7, 11) is 8.80. The first-order valence-electron chi connectivity index (χ1n) is 15.2. The van der Waals surface area contributed by atoms with E-state index in [2.05, 4.69) is 19.9 Å². The first kappa shape index (κ1) is 35.7. The number of nitrogens with one attached hydrogen (secondary N) is 1. The summed E-state index contributed by atoms with van der Waals surface area (Å²) in [5.74, 6) is 0.338. The smallest absolute Gasteiger partial charge is 0.338 e. The van der Waals surface area contributed by atoms with Crippen molar-refractivity contribution in [2.75, 3.05) is 49.3 Å². The number of esters is 2. The maximum atomic E-state index is 13.4. The first-order valence-corrected chi connectivity index (χ1v) is 15.2. The Morgan fingerprint density at radius 1 is 0.686 bits per heavy atom. The fourth-order valence-electron chi connectivity index (χ4n) is 5.00. The van der Waals surface area contributed by atoms with Crippen molar-refractivity contribution in [3.63, 3.8) is 0 Å². The molecule has 51 heavy (non-hydrogen) atoms. The molecule has 2 aromatic heterocycles. The number of aromatic amines is 1. The van der Waals surface area contributed by atoms with Crippen molar-refractivity contribution in [3.05, 3.63) is 89.4 Å². The Labute approximate surface area is 291 Å². The third-order valence-electron chi connectivity index (χ3n) is 7.59. The van der Waals surface area contributed by atoms with Gasteiger partial charge in [-0.05, 0) is 54.6 Å². The van der Waals surface area contributed by atoms with Crippen LogP contribution in [0, 0.1) is 0 Å². The van der Waals surface area contributed by atoms with Gasteiger partial charge in [0, 0.05) is 5.56 Å². The Morgan fingerprint density at radius 2 is 1.20 bits per heavy atom. The third kappa shape index (κ3) is 8.01. The topological polar surface area (TPSA) is 184 Å². The normalized spacial score (nSPS) is 11.8. The van der Waals surface area contributed by atoms with Crippen molar-refractivity contribution in [1.29, 1.82) is 0 Å². The molecule has 0 radical (unpaired) electrons. The highest BCUT2D eigenvalue weighted by Crippen LogP contribution is 2.30. The average Bonchev–Trinajstić information content (AvgIpc) is 3.67. The molecule has 0 aliphatic carbocycles. The van der Waals surface area contributed by atoms with Crippen LogP contribution in [0.15, 0.2) is 72.2 Å². The lowest BCUT2D eigenvalue weighted by Crippen LogP contribution is -2.31. The van der Waals surface area contributed by atoms with E-state index in [4.69, 9.17) is 37.9 Å². The van der Waals surface area contributed by atoms with Crippen molar-refractivity contribution in [3.8, 4) is 34.5 Å². The van der Waals surface area contributed by atoms with E-state index in [1.807, 2.05) is 0 Å². The molecule has 0 fully saturated rings. The average molecular weight is 702 g/mol. The number of H-pyrrole nitrogens is 1. The molecular formula is C35H35N5O11. The van der Waals surface area contributed by atoms with Crippen LogP contribution in [-0.4, -0.2) is 92.7 Å². The van der Waals surface area contributed by atoms with E-state index in [1.165, 1.54) is 85.6 Å². The van der Waals surface area contributed by atoms with Gasteiger partial charge in [0.2, 0.25) is 0 Å². The highest BCUT2D eigenvalue weighted by Gasteiger charge is 2.23. The molecule has 0 aliphatic rings. The maximum Gasteiger partial charge on any atom is 0.338 e. The molecule has 1 N–H and O–H groups in total. The van der Waals surface area contributed by atoms with E-state index in [0.717, 1.165) is 0 Å². The molecule has 0 saturated carbocycles. The van der Waals surface area contributed by atoms with Gasteiger partial charge in [-0.3, -0.25) is 4.79 Å². The number of benzene rings is 3. The molecule has 0 spiro atoms. The van der Waals surface area contributed by atoms with Gasteiger partial charge in [-0.1, -0.05) is 0 Å². The summed E-state index contributed by atoms with van der Waals surface area (Å²) in [5.41, 5.74) is 1.34. The van der Waals surface area contributed by atoms with Crippen LogP contribution in [0.5, 0.6) is 34.5 Å². The zero-order chi connectivity index (χ0) is 36.5. The Kier molecular flexibility index (Phi) is 11.4. The van der Waals surface area contributed by atoms with Crippen LogP contribution in [0.25, 0.3) is 11.2 Å². The number of ether oxygens (including phenoxy) is 8. The predicted molar refractivity (Wildman–Crippen MR) is 180 cm³/mol. The quantitative estimate of drug-likeness (QED) is 0.166. The molecule has 1 amide bonds. The van der Waals surface area contributed by atoms with Crippen molar-refractivity contribution in [2.24, 2.45) is 4.99 Å². The lowest BCUT2D eigenvalue weighted by Gasteiger charge is -2.20. The zero-order valence-electron chi connectivity index (χ0n) is 28.6. The van der Waals surface area contributed by atoms with E-state index in [-0.39, 0.29) is 35.3 Å². The molecule has 5 rings (SSSR count). The summed E-state index contributed by atoms with van der Waals surface area (Å²) >= 11 is 0. The Hall–Kier alpha value is -6.58. The summed E-state index contributed by atoms with van der Waals surface area (Å²) in [6.45, 7) is -0.411. The summed E-state index contributed by atoms with van der Waals surface area (Å²) in [5, 5.41) is 0. The molecular weight excluding hydrogens is 666 g/mol. The van der Waals surface area contributed by atoms with E-state index >= 15 is 0 Å². The van der Waals surface area contributed by atoms with Crippen LogP contribution in [0.3, 0.4) is 0 Å². The lowest BCUT2D eigenvalue weighted by molar-refractivity contribution is -0.00501. The number of rotatable bonds is 14. The summed E-state index contributed by atoms with van der Waals surface area (Å²) in [6.07, 6.45) is 1.75. The van der Waals surface area contributed by atoms with Gasteiger partial charge < -0.3 is 47.4 Å². The number of carbonyl (C=O) groups is 3. The van der Waals surface area contributed by atoms with E-state index < -0.39 is 23.9 Å². The number of hydrogen-bond acceptors (Lipinski definition) is 13. The van der Waals surface area contributed by atoms with Gasteiger partial charge in [0.25, 0.3) is 5.91 Å². The molecule has 0 saturated heterocycles. The van der Waals surface area contributed by atoms with Gasteiger partial charge >= 0.3 is 11.9 Å². The summed E-state index contributed by atoms with van der Waals surface area (Å²) in [4.78, 5) is 55.5. The molecule has 0 bridgehead atoms. The van der Waals surface area contributed by atoms with Crippen molar-refractivity contribution < 1.29 is 52.3 Å². The third-order valence-corrected chi connectivity index (χ3v) is 7.59. The van der Waals surface area contributed by atoms with Gasteiger partial charge in [-0.25, -0.2) is 19.6 Å². The monoisotopic (exact) mass is 701 g/mol. The van der Waals surface area contributed by atoms with Crippen LogP contribution in [-0.2, 0) is 16.0 Å². The molecule has 5 aromatic rings. The molecule has 1 atom stereocenters. The van der Waals surface area contributed by atoms with Gasteiger partial charge in [-0.2, -0.15) is 4.99 Å². The van der Waals surface area contributed by atoms with Gasteiger partial charge in [0.05, 0.1) is 73.0 Å². The molecule has 16 nitrogen and oxygen atoms in total. The first-order chi connectivity index (χ1) is 24.7. The second-order valence-electron chi connectivity index (χ2n) is 10.6. The molecule has 0 aliphatic heterocycles. The van der Waals surface area contributed by atoms with E-state index in [1.54, 1.807) is 28.8 Å². The molecule has 3 aromatic carbocycles. The van der Waals surface area contributed by atoms with E-state index in [0.29, 0.717) is 45.7 Å². The Balaban J connectivity index is 1.43. The lowest BCUT2D eigenvalue weighted by atomic mass is 10.2. The van der Waals surface area contributed by atoms with Crippen molar-refractivity contribution in [2.45, 2.75) is 12.6 Å². The number of methoxy groups -OCH3 is 6. The number of imidazole rings is 1. The van der Waals surface area contributed by atoms with Crippen LogP contribution in [0.2, 0.25) is 0 Å². The summed E-state index contributed by atoms with van der Waals surface area (Å²) < 4.78 is 44.7. The fraction of sp³-hybridized carbons (Fsp3) is 0.257. The van der Waals surface area contributed by atoms with Crippen molar-refractivity contribution >= 4 is 29.0 Å². The number of aromatic nitrogens is 4. The SMILES string of the molecule is COc1ccc(C(=O)N=c2ncn(CC(COC(=O)c3ccc(OC)c(OC)c3)OC(=O)c3ccc(OC)c(OC)c3)c3nc[nH]c23)cc1OC. The predicted octanol–water partition coefficient (Wildman–Crippen LogP) is 3.63. The van der Waals surface area contributed by atoms with Gasteiger partial charge in [0.15, 0.2) is 51.7 Å². The number of fused-ring (bicyclic) bond motifs is 1. The van der Waals surface area contributed by atoms with Crippen LogP contribution in [0.4, 0.5) is 0 Å². The minimum atomic E-state index is -1.04. The van der Waals surface area contributed by atoms with Gasteiger partial charge in [-0.15, -0.1) is 0 Å². The minimum Gasteiger partial charge on any atom is -0.493 e. The Morgan fingerprint density at radius 3 is 1.75 bits per heavy atom. The maximum absolute atomic E-state index is 13.4. The highest BCUT2D eigenvalue weighted by molar-refractivity contribution is 5.96. The largest absolute Gasteiger partial charge is 0.493 e. The number of carbonyl (C=O) groups excluding carboxylic acids is 3. The molecule has 16 heteroatoms. The van der Waals surface area contributed by atoms with Crippen molar-refractivity contribution in [1.82, 2.24) is 19.5 Å². The second-order valence-corrected chi connectivity index (χ2v) is 10.6. The molecule has 1 unspecified atom stereocenters. The summed E-state index contributed by atoms with van der Waals surface area (Å²) in [6, 6.07) is 13.8. The van der Waals surface area contributed by atoms with Gasteiger partial charge in [0.1, 0.15) is 12.1 Å². The fourth-order valence-corrected chi connectivity index (χ4v) is 5.00. The standard InChI is InChI=1S/C35H35N5O11/c1-44-24-10-7-20(13-27(24)47-4)33(41)39-31-30-32(37-18-36-30)40(19-38-31)16-23(51-35(43)22-9-12-26(46-3)29(15-22)49-6)17-50-34(42)21-8-11-25(45-2)28(14-21)48-5/h7-15,18-19,23H,16-17H2,1-6H3,(H,36,37). The van der Waals surface area contributed by atoms with E-state index in [9.17, 15) is 14.4 Å². The van der Waals surface area contributed by atoms with Crippen LogP contribution < -0.4 is 33.9 Å². The second kappa shape index (κ2) is 16.2. The van der Waals surface area contributed by atoms with Crippen LogP contribution in [0.1, 0.15) is 31.1 Å². The number of nitrogens with zero attached hydrogens (tertiary/aromatic N) is 4. The molecule has 2 heterocycles. The minimum absolute atomic E-state index is 0.0590. The Bertz CT molecular complexity index is 2130. The molecule has 266 valence electrons. The zero-order valence-corrected chi connectivity index (χ0v) is 28.6. The number of amides is 1. The number of hydrogen-bond donors (Lipinski definition) is 1. The highest BCUT2D eigenvalue weighted by atomic mass is 16.6.